The Morgan fingerprint density at radius 3 is 2.24 bits per heavy atom. The minimum Gasteiger partial charge on any atom is -0.497 e. The fraction of sp³-hybridized carbons (Fsp3) is 0.300. The third kappa shape index (κ3) is 4.38. The minimum absolute atomic E-state index is 0.211. The highest BCUT2D eigenvalue weighted by Gasteiger charge is 2.23. The fourth-order valence-electron chi connectivity index (χ4n) is 2.39. The van der Waals surface area contributed by atoms with Gasteiger partial charge in [0.25, 0.3) is 0 Å². The first-order chi connectivity index (χ1) is 12.0. The van der Waals surface area contributed by atoms with Crippen LogP contribution in [0.2, 0.25) is 0 Å². The average molecular weight is 342 g/mol. The van der Waals surface area contributed by atoms with E-state index in [1.807, 2.05) is 19.1 Å². The van der Waals surface area contributed by atoms with Crippen molar-refractivity contribution >= 4 is 11.8 Å². The Balaban J connectivity index is 2.14. The first-order valence-electron chi connectivity index (χ1n) is 8.06. The monoisotopic (exact) mass is 342 g/mol. The molecule has 0 bridgehead atoms. The third-order valence-corrected chi connectivity index (χ3v) is 3.93. The summed E-state index contributed by atoms with van der Waals surface area (Å²) in [7, 11) is 2.96. The Bertz CT molecular complexity index is 749. The van der Waals surface area contributed by atoms with Gasteiger partial charge in [0.1, 0.15) is 17.1 Å². The molecule has 5 nitrogen and oxygen atoms in total. The van der Waals surface area contributed by atoms with Gasteiger partial charge in [-0.05, 0) is 37.1 Å². The van der Waals surface area contributed by atoms with Crippen LogP contribution in [0.15, 0.2) is 42.5 Å². The molecule has 0 aromatic heterocycles. The number of Topliss-reactive ketones (excluding diaryl/α,β-unsaturated/α-hetero) is 1. The number of ether oxygens (including phenoxy) is 3. The number of ketones is 1. The van der Waals surface area contributed by atoms with E-state index in [9.17, 15) is 9.59 Å². The second kappa shape index (κ2) is 8.33. The summed E-state index contributed by atoms with van der Waals surface area (Å²) in [6, 6.07) is 12.1. The number of carbonyl (C=O) groups is 2. The second-order valence-corrected chi connectivity index (χ2v) is 5.53. The van der Waals surface area contributed by atoms with Crippen molar-refractivity contribution in [1.82, 2.24) is 0 Å². The summed E-state index contributed by atoms with van der Waals surface area (Å²) in [5.74, 6) is -0.0284. The fourth-order valence-corrected chi connectivity index (χ4v) is 2.39. The van der Waals surface area contributed by atoms with Crippen LogP contribution in [0.5, 0.6) is 11.5 Å². The number of hydrogen-bond donors (Lipinski definition) is 0. The average Bonchev–Trinajstić information content (AvgIpc) is 2.66. The van der Waals surface area contributed by atoms with Crippen LogP contribution in [0.4, 0.5) is 0 Å². The lowest BCUT2D eigenvalue weighted by Gasteiger charge is -2.15. The van der Waals surface area contributed by atoms with E-state index < -0.39 is 12.1 Å². The van der Waals surface area contributed by atoms with Crippen molar-refractivity contribution in [2.45, 2.75) is 26.4 Å². The smallest absolute Gasteiger partial charge is 0.342 e. The Morgan fingerprint density at radius 2 is 1.68 bits per heavy atom. The van der Waals surface area contributed by atoms with Crippen LogP contribution < -0.4 is 9.47 Å². The van der Waals surface area contributed by atoms with E-state index in [1.165, 1.54) is 20.3 Å². The van der Waals surface area contributed by atoms with Gasteiger partial charge in [0, 0.05) is 5.56 Å². The zero-order valence-electron chi connectivity index (χ0n) is 14.9. The molecule has 5 heteroatoms. The molecule has 1 atom stereocenters. The Hall–Kier alpha value is -2.82. The highest BCUT2D eigenvalue weighted by molar-refractivity contribution is 6.02. The molecule has 25 heavy (non-hydrogen) atoms. The van der Waals surface area contributed by atoms with Gasteiger partial charge in [-0.25, -0.2) is 4.79 Å². The van der Waals surface area contributed by atoms with Gasteiger partial charge in [-0.3, -0.25) is 4.79 Å². The van der Waals surface area contributed by atoms with Gasteiger partial charge in [-0.15, -0.1) is 0 Å². The number of esters is 1. The summed E-state index contributed by atoms with van der Waals surface area (Å²) in [5.41, 5.74) is 1.86. The lowest BCUT2D eigenvalue weighted by atomic mass is 10.0. The van der Waals surface area contributed by atoms with Crippen LogP contribution in [0, 0.1) is 0 Å². The molecule has 0 fully saturated rings. The van der Waals surface area contributed by atoms with E-state index in [2.05, 4.69) is 0 Å². The molecule has 0 aliphatic carbocycles. The van der Waals surface area contributed by atoms with Crippen molar-refractivity contribution in [3.8, 4) is 11.5 Å². The van der Waals surface area contributed by atoms with E-state index in [4.69, 9.17) is 14.2 Å². The van der Waals surface area contributed by atoms with Crippen LogP contribution >= 0.6 is 0 Å². The van der Waals surface area contributed by atoms with E-state index in [0.717, 1.165) is 12.0 Å². The summed E-state index contributed by atoms with van der Waals surface area (Å²) in [6.45, 7) is 3.60. The van der Waals surface area contributed by atoms with Gasteiger partial charge < -0.3 is 14.2 Å². The highest BCUT2D eigenvalue weighted by Crippen LogP contribution is 2.25. The van der Waals surface area contributed by atoms with Crippen LogP contribution in [0.25, 0.3) is 0 Å². The quantitative estimate of drug-likeness (QED) is 0.567. The lowest BCUT2D eigenvalue weighted by molar-refractivity contribution is 0.0315. The Kier molecular flexibility index (Phi) is 6.17. The molecule has 0 aliphatic rings. The zero-order valence-corrected chi connectivity index (χ0v) is 14.9. The lowest BCUT2D eigenvalue weighted by Crippen LogP contribution is -2.24. The van der Waals surface area contributed by atoms with Gasteiger partial charge in [-0.2, -0.15) is 0 Å². The van der Waals surface area contributed by atoms with Gasteiger partial charge in [0.2, 0.25) is 5.78 Å². The zero-order chi connectivity index (χ0) is 18.4. The number of hydrogen-bond acceptors (Lipinski definition) is 5. The van der Waals surface area contributed by atoms with Gasteiger partial charge >= 0.3 is 5.97 Å². The van der Waals surface area contributed by atoms with E-state index in [0.29, 0.717) is 17.1 Å². The number of benzene rings is 2. The van der Waals surface area contributed by atoms with Crippen LogP contribution in [-0.2, 0) is 11.2 Å². The molecule has 2 rings (SSSR count). The first kappa shape index (κ1) is 18.5. The Labute approximate surface area is 147 Å². The molecular weight excluding hydrogens is 320 g/mol. The molecule has 0 spiro atoms. The summed E-state index contributed by atoms with van der Waals surface area (Å²) in [5, 5.41) is 0. The third-order valence-electron chi connectivity index (χ3n) is 3.93. The van der Waals surface area contributed by atoms with E-state index >= 15 is 0 Å². The maximum absolute atomic E-state index is 12.5. The molecule has 0 aliphatic heterocycles. The van der Waals surface area contributed by atoms with E-state index in [1.54, 1.807) is 31.2 Å². The molecule has 0 unspecified atom stereocenters. The van der Waals surface area contributed by atoms with Crippen molar-refractivity contribution < 1.29 is 23.8 Å². The van der Waals surface area contributed by atoms with Gasteiger partial charge in [0.15, 0.2) is 6.10 Å². The Morgan fingerprint density at radius 1 is 1.00 bits per heavy atom. The topological polar surface area (TPSA) is 61.8 Å². The summed E-state index contributed by atoms with van der Waals surface area (Å²) in [6.07, 6.45) is -0.00912. The maximum atomic E-state index is 12.5. The summed E-state index contributed by atoms with van der Waals surface area (Å²) in [4.78, 5) is 24.9. The van der Waals surface area contributed by atoms with Crippen molar-refractivity contribution in [1.29, 1.82) is 0 Å². The number of carbonyl (C=O) groups excluding carboxylic acids is 2. The predicted octanol–water partition coefficient (Wildman–Crippen LogP) is 3.69. The molecule has 2 aromatic rings. The standard InChI is InChI=1S/C20H22O5/c1-5-14-6-8-15(9-7-14)19(21)13(2)25-20(22)17-12-16(23-3)10-11-18(17)24-4/h6-13H,5H2,1-4H3/t13-/m0/s1. The summed E-state index contributed by atoms with van der Waals surface area (Å²) < 4.78 is 15.6. The molecule has 0 N–H and O–H groups in total. The number of aryl methyl sites for hydroxylation is 1. The highest BCUT2D eigenvalue weighted by atomic mass is 16.5. The van der Waals surface area contributed by atoms with Crippen LogP contribution in [0.3, 0.4) is 0 Å². The normalized spacial score (nSPS) is 11.5. The largest absolute Gasteiger partial charge is 0.497 e. The minimum atomic E-state index is -0.907. The predicted molar refractivity (Wildman–Crippen MR) is 94.6 cm³/mol. The maximum Gasteiger partial charge on any atom is 0.342 e. The first-order valence-corrected chi connectivity index (χ1v) is 8.06. The molecule has 0 saturated carbocycles. The molecule has 0 amide bonds. The number of methoxy groups -OCH3 is 2. The molecule has 0 saturated heterocycles. The molecular formula is C20H22O5. The number of rotatable bonds is 7. The van der Waals surface area contributed by atoms with Crippen molar-refractivity contribution in [3.05, 3.63) is 59.2 Å². The van der Waals surface area contributed by atoms with Gasteiger partial charge in [-0.1, -0.05) is 31.2 Å². The van der Waals surface area contributed by atoms with Crippen molar-refractivity contribution in [2.24, 2.45) is 0 Å². The van der Waals surface area contributed by atoms with Crippen molar-refractivity contribution in [2.75, 3.05) is 14.2 Å². The molecule has 2 aromatic carbocycles. The molecule has 132 valence electrons. The molecule has 0 radical (unpaired) electrons. The molecule has 0 heterocycles. The summed E-state index contributed by atoms with van der Waals surface area (Å²) >= 11 is 0. The van der Waals surface area contributed by atoms with Crippen LogP contribution in [0.1, 0.15) is 40.1 Å². The van der Waals surface area contributed by atoms with Crippen LogP contribution in [-0.4, -0.2) is 32.1 Å². The van der Waals surface area contributed by atoms with E-state index in [-0.39, 0.29) is 11.3 Å². The second-order valence-electron chi connectivity index (χ2n) is 5.53. The SMILES string of the molecule is CCc1ccc(C(=O)[C@H](C)OC(=O)c2cc(OC)ccc2OC)cc1. The van der Waals surface area contributed by atoms with Crippen molar-refractivity contribution in [3.63, 3.8) is 0 Å². The van der Waals surface area contributed by atoms with Gasteiger partial charge in [0.05, 0.1) is 14.2 Å².